The summed E-state index contributed by atoms with van der Waals surface area (Å²) in [6.45, 7) is 3.51. The van der Waals surface area contributed by atoms with Crippen molar-refractivity contribution >= 4 is 5.78 Å². The Balaban J connectivity index is 2.68. The Kier molecular flexibility index (Phi) is 4.90. The lowest BCUT2D eigenvalue weighted by Gasteiger charge is -1.98. The van der Waals surface area contributed by atoms with E-state index < -0.39 is 0 Å². The van der Waals surface area contributed by atoms with Crippen LogP contribution in [0.15, 0.2) is 30.3 Å². The van der Waals surface area contributed by atoms with E-state index in [0.29, 0.717) is 0 Å². The maximum atomic E-state index is 11.1. The van der Waals surface area contributed by atoms with Gasteiger partial charge in [-0.1, -0.05) is 37.0 Å². The molecule has 80 valence electrons. The van der Waals surface area contributed by atoms with Crippen molar-refractivity contribution < 1.29 is 4.79 Å². The van der Waals surface area contributed by atoms with E-state index in [1.165, 1.54) is 0 Å². The number of hydrogen-bond donors (Lipinski definition) is 0. The minimum Gasteiger partial charge on any atom is -0.299 e. The van der Waals surface area contributed by atoms with Gasteiger partial charge in [0.15, 0.2) is 0 Å². The summed E-state index contributed by atoms with van der Waals surface area (Å²) >= 11 is 0. The van der Waals surface area contributed by atoms with Crippen LogP contribution in [0.3, 0.4) is 0 Å². The highest BCUT2D eigenvalue weighted by Crippen LogP contribution is 2.00. The summed E-state index contributed by atoms with van der Waals surface area (Å²) in [5.41, 5.74) is 0.938. The second kappa shape index (κ2) is 6.49. The zero-order chi connectivity index (χ0) is 11.8. The van der Waals surface area contributed by atoms with Crippen molar-refractivity contribution in [3.8, 4) is 23.7 Å². The van der Waals surface area contributed by atoms with Crippen LogP contribution in [0.25, 0.3) is 0 Å². The molecule has 0 fully saturated rings. The first-order valence-corrected chi connectivity index (χ1v) is 5.31. The van der Waals surface area contributed by atoms with Gasteiger partial charge in [-0.05, 0) is 37.3 Å². The van der Waals surface area contributed by atoms with Crippen LogP contribution in [0.5, 0.6) is 0 Å². The normalized spacial score (nSPS) is 10.4. The van der Waals surface area contributed by atoms with E-state index in [0.717, 1.165) is 12.0 Å². The van der Waals surface area contributed by atoms with Gasteiger partial charge < -0.3 is 0 Å². The lowest BCUT2D eigenvalue weighted by atomic mass is 10.0. The molecule has 0 heterocycles. The molecule has 0 amide bonds. The number of carbonyl (C=O) groups is 1. The van der Waals surface area contributed by atoms with Crippen molar-refractivity contribution in [1.29, 1.82) is 0 Å². The molecular weight excluding hydrogens is 196 g/mol. The molecule has 1 aromatic rings. The van der Waals surface area contributed by atoms with Crippen LogP contribution >= 0.6 is 0 Å². The van der Waals surface area contributed by atoms with Crippen LogP contribution < -0.4 is 0 Å². The molecule has 0 spiro atoms. The van der Waals surface area contributed by atoms with Crippen LogP contribution in [0, 0.1) is 29.6 Å². The fourth-order valence-electron chi connectivity index (χ4n) is 1.24. The second-order valence-electron chi connectivity index (χ2n) is 3.46. The third kappa shape index (κ3) is 4.03. The van der Waals surface area contributed by atoms with E-state index in [9.17, 15) is 4.79 Å². The molecule has 1 nitrogen and oxygen atoms in total. The first-order valence-electron chi connectivity index (χ1n) is 5.31. The molecule has 0 N–H and O–H groups in total. The van der Waals surface area contributed by atoms with E-state index in [4.69, 9.17) is 0 Å². The van der Waals surface area contributed by atoms with Gasteiger partial charge in [0.2, 0.25) is 0 Å². The summed E-state index contributed by atoms with van der Waals surface area (Å²) in [5.74, 6) is 11.2. The van der Waals surface area contributed by atoms with Gasteiger partial charge in [0.05, 0.1) is 5.92 Å². The number of Topliss-reactive ketones (excluding diaryl/α,β-unsaturated/α-hetero) is 1. The molecule has 1 aromatic carbocycles. The van der Waals surface area contributed by atoms with Crippen molar-refractivity contribution in [3.63, 3.8) is 0 Å². The summed E-state index contributed by atoms with van der Waals surface area (Å²) < 4.78 is 0. The Bertz CT molecular complexity index is 463. The Morgan fingerprint density at radius 3 is 2.50 bits per heavy atom. The molecule has 16 heavy (non-hydrogen) atoms. The standard InChI is InChI=1S/C15H14O/c1-3-15(13(2)16)12-8-7-11-14-9-5-4-6-10-14/h4-6,9-10,15H,3H2,1-2H3. The largest absolute Gasteiger partial charge is 0.299 e. The molecule has 0 saturated carbocycles. The van der Waals surface area contributed by atoms with E-state index in [2.05, 4.69) is 23.7 Å². The molecule has 1 unspecified atom stereocenters. The lowest BCUT2D eigenvalue weighted by Crippen LogP contribution is -2.06. The minimum absolute atomic E-state index is 0.108. The molecule has 1 heteroatoms. The fourth-order valence-corrected chi connectivity index (χ4v) is 1.24. The molecule has 0 radical (unpaired) electrons. The minimum atomic E-state index is -0.176. The SMILES string of the molecule is CCC(C#CC#Cc1ccccc1)C(C)=O. The first-order chi connectivity index (χ1) is 7.74. The third-order valence-electron chi connectivity index (χ3n) is 2.19. The maximum absolute atomic E-state index is 11.1. The predicted octanol–water partition coefficient (Wildman–Crippen LogP) is 2.66. The van der Waals surface area contributed by atoms with Crippen molar-refractivity contribution in [2.24, 2.45) is 5.92 Å². The number of hydrogen-bond acceptors (Lipinski definition) is 1. The molecule has 0 aliphatic rings. The highest BCUT2D eigenvalue weighted by atomic mass is 16.1. The average Bonchev–Trinajstić information content (AvgIpc) is 2.30. The van der Waals surface area contributed by atoms with Crippen molar-refractivity contribution in [2.45, 2.75) is 20.3 Å². The predicted molar refractivity (Wildman–Crippen MR) is 65.6 cm³/mol. The summed E-state index contributed by atoms with van der Waals surface area (Å²) in [6.07, 6.45) is 0.745. The number of rotatable bonds is 2. The number of carbonyl (C=O) groups excluding carboxylic acids is 1. The number of benzene rings is 1. The van der Waals surface area contributed by atoms with Crippen LogP contribution in [0.2, 0.25) is 0 Å². The zero-order valence-corrected chi connectivity index (χ0v) is 9.58. The van der Waals surface area contributed by atoms with E-state index in [-0.39, 0.29) is 11.7 Å². The van der Waals surface area contributed by atoms with Gasteiger partial charge in [-0.25, -0.2) is 0 Å². The lowest BCUT2D eigenvalue weighted by molar-refractivity contribution is -0.119. The van der Waals surface area contributed by atoms with Gasteiger partial charge in [-0.3, -0.25) is 4.79 Å². The molecule has 0 aliphatic heterocycles. The van der Waals surface area contributed by atoms with Gasteiger partial charge in [-0.2, -0.15) is 0 Å². The van der Waals surface area contributed by atoms with Gasteiger partial charge >= 0.3 is 0 Å². The summed E-state index contributed by atoms with van der Waals surface area (Å²) in [6, 6.07) is 9.66. The fraction of sp³-hybridized carbons (Fsp3) is 0.267. The summed E-state index contributed by atoms with van der Waals surface area (Å²) in [5, 5.41) is 0. The monoisotopic (exact) mass is 210 g/mol. The number of ketones is 1. The summed E-state index contributed by atoms with van der Waals surface area (Å²) in [4.78, 5) is 11.1. The molecule has 1 rings (SSSR count). The summed E-state index contributed by atoms with van der Waals surface area (Å²) in [7, 11) is 0. The Hall–Kier alpha value is -1.99. The molecule has 0 aliphatic carbocycles. The van der Waals surface area contributed by atoms with E-state index >= 15 is 0 Å². The van der Waals surface area contributed by atoms with Crippen LogP contribution in [0.4, 0.5) is 0 Å². The topological polar surface area (TPSA) is 17.1 Å². The molecule has 1 atom stereocenters. The van der Waals surface area contributed by atoms with Crippen molar-refractivity contribution in [3.05, 3.63) is 35.9 Å². The van der Waals surface area contributed by atoms with Crippen molar-refractivity contribution in [1.82, 2.24) is 0 Å². The molecule has 0 saturated heterocycles. The van der Waals surface area contributed by atoms with Gasteiger partial charge in [0.1, 0.15) is 5.78 Å². The molecule has 0 aromatic heterocycles. The highest BCUT2D eigenvalue weighted by molar-refractivity contribution is 5.81. The van der Waals surface area contributed by atoms with Crippen LogP contribution in [0.1, 0.15) is 25.8 Å². The first kappa shape index (κ1) is 12.1. The van der Waals surface area contributed by atoms with E-state index in [1.54, 1.807) is 6.92 Å². The smallest absolute Gasteiger partial charge is 0.144 e. The third-order valence-corrected chi connectivity index (χ3v) is 2.19. The molecular formula is C15H14O. The maximum Gasteiger partial charge on any atom is 0.144 e. The molecule has 0 bridgehead atoms. The quantitative estimate of drug-likeness (QED) is 0.686. The van der Waals surface area contributed by atoms with Crippen molar-refractivity contribution in [2.75, 3.05) is 0 Å². The van der Waals surface area contributed by atoms with Crippen LogP contribution in [-0.2, 0) is 4.79 Å². The average molecular weight is 210 g/mol. The van der Waals surface area contributed by atoms with Gasteiger partial charge in [0, 0.05) is 5.56 Å². The Labute approximate surface area is 96.9 Å². The van der Waals surface area contributed by atoms with Crippen LogP contribution in [-0.4, -0.2) is 5.78 Å². The van der Waals surface area contributed by atoms with E-state index in [1.807, 2.05) is 37.3 Å². The highest BCUT2D eigenvalue weighted by Gasteiger charge is 2.06. The van der Waals surface area contributed by atoms with Gasteiger partial charge in [0.25, 0.3) is 0 Å². The van der Waals surface area contributed by atoms with Gasteiger partial charge in [-0.15, -0.1) is 0 Å². The zero-order valence-electron chi connectivity index (χ0n) is 9.58. The Morgan fingerprint density at radius 2 is 1.94 bits per heavy atom. The Morgan fingerprint density at radius 1 is 1.25 bits per heavy atom. The second-order valence-corrected chi connectivity index (χ2v) is 3.46.